The van der Waals surface area contributed by atoms with Crippen LogP contribution in [0.5, 0.6) is 0 Å². The second kappa shape index (κ2) is 5.56. The minimum absolute atomic E-state index is 0.165. The molecule has 0 radical (unpaired) electrons. The van der Waals surface area contributed by atoms with E-state index in [9.17, 15) is 9.59 Å². The number of hydrogen-bond acceptors (Lipinski definition) is 2. The highest BCUT2D eigenvalue weighted by molar-refractivity contribution is 5.86. The Hall–Kier alpha value is -2.36. The molecule has 1 atom stereocenters. The molecule has 0 bridgehead atoms. The maximum atomic E-state index is 12.2. The van der Waals surface area contributed by atoms with Gasteiger partial charge in [-0.25, -0.2) is 4.79 Å². The number of carboxylic acid groups (broad SMARTS) is 1. The summed E-state index contributed by atoms with van der Waals surface area (Å²) in [5.74, 6) is -0.893. The number of nitrogens with zero attached hydrogens (tertiary/aromatic N) is 1. The summed E-state index contributed by atoms with van der Waals surface area (Å²) in [5.41, 5.74) is 2.04. The molecule has 1 aliphatic rings. The van der Waals surface area contributed by atoms with Gasteiger partial charge >= 0.3 is 5.97 Å². The lowest BCUT2D eigenvalue weighted by Gasteiger charge is -2.26. The van der Waals surface area contributed by atoms with E-state index in [0.717, 1.165) is 19.3 Å². The third-order valence-corrected chi connectivity index (χ3v) is 4.16. The van der Waals surface area contributed by atoms with Crippen LogP contribution in [0.3, 0.4) is 0 Å². The summed E-state index contributed by atoms with van der Waals surface area (Å²) in [6.45, 7) is 0.539. The van der Waals surface area contributed by atoms with E-state index in [4.69, 9.17) is 5.11 Å². The zero-order valence-electron chi connectivity index (χ0n) is 11.7. The van der Waals surface area contributed by atoms with Gasteiger partial charge in [-0.2, -0.15) is 0 Å². The van der Waals surface area contributed by atoms with Gasteiger partial charge in [0, 0.05) is 18.7 Å². The Bertz CT molecular complexity index is 733. The van der Waals surface area contributed by atoms with Gasteiger partial charge in [0.15, 0.2) is 0 Å². The van der Waals surface area contributed by atoms with Gasteiger partial charge in [-0.05, 0) is 42.5 Å². The first-order valence-electron chi connectivity index (χ1n) is 7.17. The van der Waals surface area contributed by atoms with Crippen molar-refractivity contribution in [3.05, 3.63) is 69.6 Å². The summed E-state index contributed by atoms with van der Waals surface area (Å²) in [6, 6.07) is 11.3. The van der Waals surface area contributed by atoms with Crippen molar-refractivity contribution in [1.82, 2.24) is 4.57 Å². The van der Waals surface area contributed by atoms with Crippen molar-refractivity contribution in [3.63, 3.8) is 0 Å². The summed E-state index contributed by atoms with van der Waals surface area (Å²) in [7, 11) is 0. The molecule has 4 heteroatoms. The standard InChI is InChI=1S/C17H17NO3/c19-16-15(17(20)21)9-4-10-18(16)11-13-7-3-6-12-5-1-2-8-14(12)13/h1-2,4-5,8-10,13H,3,6-7,11H2,(H,20,21). The van der Waals surface area contributed by atoms with Crippen molar-refractivity contribution in [2.45, 2.75) is 31.7 Å². The van der Waals surface area contributed by atoms with E-state index in [0.29, 0.717) is 6.54 Å². The zero-order valence-corrected chi connectivity index (χ0v) is 11.7. The van der Waals surface area contributed by atoms with E-state index in [1.54, 1.807) is 12.3 Å². The SMILES string of the molecule is O=C(O)c1cccn(CC2CCCc3ccccc32)c1=O. The minimum atomic E-state index is -1.17. The lowest BCUT2D eigenvalue weighted by molar-refractivity contribution is 0.0694. The van der Waals surface area contributed by atoms with Crippen LogP contribution in [0.1, 0.15) is 40.2 Å². The smallest absolute Gasteiger partial charge is 0.341 e. The number of rotatable bonds is 3. The molecule has 0 amide bonds. The molecule has 0 saturated heterocycles. The first-order valence-corrected chi connectivity index (χ1v) is 7.17. The van der Waals surface area contributed by atoms with Gasteiger partial charge in [0.2, 0.25) is 0 Å². The van der Waals surface area contributed by atoms with E-state index in [1.807, 2.05) is 12.1 Å². The molecule has 1 aliphatic carbocycles. The fourth-order valence-corrected chi connectivity index (χ4v) is 3.13. The van der Waals surface area contributed by atoms with Crippen molar-refractivity contribution in [2.75, 3.05) is 0 Å². The number of benzene rings is 1. The van der Waals surface area contributed by atoms with Crippen LogP contribution in [0.15, 0.2) is 47.4 Å². The Kier molecular flexibility index (Phi) is 3.60. The number of carboxylic acids is 1. The molecule has 1 unspecified atom stereocenters. The molecular weight excluding hydrogens is 266 g/mol. The highest BCUT2D eigenvalue weighted by Gasteiger charge is 2.21. The van der Waals surface area contributed by atoms with Crippen LogP contribution in [0.2, 0.25) is 0 Å². The number of aromatic nitrogens is 1. The fraction of sp³-hybridized carbons (Fsp3) is 0.294. The second-order valence-electron chi connectivity index (χ2n) is 5.47. The monoisotopic (exact) mass is 283 g/mol. The van der Waals surface area contributed by atoms with Crippen LogP contribution in [-0.2, 0) is 13.0 Å². The second-order valence-corrected chi connectivity index (χ2v) is 5.47. The third kappa shape index (κ3) is 2.61. The fourth-order valence-electron chi connectivity index (χ4n) is 3.13. The van der Waals surface area contributed by atoms with Crippen LogP contribution < -0.4 is 5.56 Å². The van der Waals surface area contributed by atoms with Crippen molar-refractivity contribution in [2.24, 2.45) is 0 Å². The summed E-state index contributed by atoms with van der Waals surface area (Å²) in [4.78, 5) is 23.2. The van der Waals surface area contributed by atoms with E-state index < -0.39 is 11.5 Å². The number of pyridine rings is 1. The quantitative estimate of drug-likeness (QED) is 0.942. The molecule has 0 aliphatic heterocycles. The van der Waals surface area contributed by atoms with Gasteiger partial charge < -0.3 is 9.67 Å². The molecule has 0 spiro atoms. The maximum Gasteiger partial charge on any atom is 0.341 e. The van der Waals surface area contributed by atoms with Crippen molar-refractivity contribution >= 4 is 5.97 Å². The van der Waals surface area contributed by atoms with Gasteiger partial charge in [-0.3, -0.25) is 4.79 Å². The van der Waals surface area contributed by atoms with Crippen LogP contribution in [0.25, 0.3) is 0 Å². The Morgan fingerprint density at radius 3 is 2.86 bits per heavy atom. The molecule has 2 aromatic rings. The lowest BCUT2D eigenvalue weighted by Crippen LogP contribution is -2.28. The van der Waals surface area contributed by atoms with E-state index in [-0.39, 0.29) is 11.5 Å². The molecule has 1 aromatic carbocycles. The number of carbonyl (C=O) groups is 1. The van der Waals surface area contributed by atoms with Crippen LogP contribution in [-0.4, -0.2) is 15.6 Å². The molecule has 0 saturated carbocycles. The van der Waals surface area contributed by atoms with E-state index in [1.165, 1.54) is 21.8 Å². The van der Waals surface area contributed by atoms with Crippen molar-refractivity contribution in [3.8, 4) is 0 Å². The molecule has 108 valence electrons. The van der Waals surface area contributed by atoms with E-state index >= 15 is 0 Å². The van der Waals surface area contributed by atoms with Gasteiger partial charge in [0.25, 0.3) is 5.56 Å². The molecule has 1 N–H and O–H groups in total. The summed E-state index contributed by atoms with van der Waals surface area (Å²) >= 11 is 0. The molecule has 1 aromatic heterocycles. The first-order chi connectivity index (χ1) is 10.2. The maximum absolute atomic E-state index is 12.2. The Morgan fingerprint density at radius 2 is 2.05 bits per heavy atom. The normalized spacial score (nSPS) is 17.2. The summed E-state index contributed by atoms with van der Waals surface area (Å²) in [5, 5.41) is 9.04. The van der Waals surface area contributed by atoms with Crippen LogP contribution in [0, 0.1) is 0 Å². The number of fused-ring (bicyclic) bond motifs is 1. The topological polar surface area (TPSA) is 59.3 Å². The van der Waals surface area contributed by atoms with Gasteiger partial charge in [-0.15, -0.1) is 0 Å². The average molecular weight is 283 g/mol. The first kappa shape index (κ1) is 13.6. The summed E-state index contributed by atoms with van der Waals surface area (Å²) in [6.07, 6.45) is 4.89. The number of hydrogen-bond donors (Lipinski definition) is 1. The van der Waals surface area contributed by atoms with Gasteiger partial charge in [0.05, 0.1) is 0 Å². The Balaban J connectivity index is 1.94. The summed E-state index contributed by atoms with van der Waals surface area (Å²) < 4.78 is 1.52. The van der Waals surface area contributed by atoms with Gasteiger partial charge in [-0.1, -0.05) is 24.3 Å². The van der Waals surface area contributed by atoms with Crippen LogP contribution in [0.4, 0.5) is 0 Å². The molecule has 1 heterocycles. The molecule has 21 heavy (non-hydrogen) atoms. The predicted octanol–water partition coefficient (Wildman–Crippen LogP) is 2.67. The molecule has 0 fully saturated rings. The van der Waals surface area contributed by atoms with E-state index in [2.05, 4.69) is 12.1 Å². The minimum Gasteiger partial charge on any atom is -0.477 e. The highest BCUT2D eigenvalue weighted by Crippen LogP contribution is 2.32. The molecule has 4 nitrogen and oxygen atoms in total. The number of aromatic carboxylic acids is 1. The van der Waals surface area contributed by atoms with Crippen molar-refractivity contribution in [1.29, 1.82) is 0 Å². The van der Waals surface area contributed by atoms with Crippen LogP contribution >= 0.6 is 0 Å². The largest absolute Gasteiger partial charge is 0.477 e. The van der Waals surface area contributed by atoms with Gasteiger partial charge in [0.1, 0.15) is 5.56 Å². The molecule has 3 rings (SSSR count). The lowest BCUT2D eigenvalue weighted by atomic mass is 9.83. The number of aryl methyl sites for hydroxylation is 1. The predicted molar refractivity (Wildman–Crippen MR) is 79.8 cm³/mol. The third-order valence-electron chi connectivity index (χ3n) is 4.16. The zero-order chi connectivity index (χ0) is 14.8. The average Bonchev–Trinajstić information content (AvgIpc) is 2.49. The Morgan fingerprint density at radius 1 is 1.24 bits per heavy atom. The molecular formula is C17H17NO3. The van der Waals surface area contributed by atoms with Crippen molar-refractivity contribution < 1.29 is 9.90 Å². The Labute approximate surface area is 122 Å². The highest BCUT2D eigenvalue weighted by atomic mass is 16.4.